The normalized spacial score (nSPS) is 22.7. The van der Waals surface area contributed by atoms with E-state index in [1.165, 1.54) is 17.5 Å². The molecule has 26 heavy (non-hydrogen) atoms. The Labute approximate surface area is 158 Å². The molecule has 1 unspecified atom stereocenters. The number of morpholine rings is 1. The number of rotatable bonds is 3. The smallest absolute Gasteiger partial charge is 0.193 e. The fourth-order valence-corrected chi connectivity index (χ4v) is 3.81. The van der Waals surface area contributed by atoms with Crippen LogP contribution in [0.25, 0.3) is 0 Å². The number of nitrogens with one attached hydrogen (secondary N) is 1. The number of guanidine groups is 1. The maximum Gasteiger partial charge on any atom is 0.193 e. The predicted molar refractivity (Wildman–Crippen MR) is 108 cm³/mol. The average molecular weight is 359 g/mol. The monoisotopic (exact) mass is 358 g/mol. The van der Waals surface area contributed by atoms with Gasteiger partial charge in [-0.25, -0.2) is 0 Å². The molecule has 0 radical (unpaired) electrons. The first-order chi connectivity index (χ1) is 12.5. The van der Waals surface area contributed by atoms with Crippen molar-refractivity contribution in [2.24, 2.45) is 4.99 Å². The quantitative estimate of drug-likeness (QED) is 0.666. The lowest BCUT2D eigenvalue weighted by Crippen LogP contribution is -2.46. The van der Waals surface area contributed by atoms with Crippen molar-refractivity contribution in [3.05, 3.63) is 35.4 Å². The molecule has 0 bridgehead atoms. The highest BCUT2D eigenvalue weighted by molar-refractivity contribution is 5.80. The number of ether oxygens (including phenoxy) is 1. The van der Waals surface area contributed by atoms with E-state index in [1.54, 1.807) is 0 Å². The van der Waals surface area contributed by atoms with Gasteiger partial charge < -0.3 is 15.0 Å². The molecule has 1 aromatic rings. The highest BCUT2D eigenvalue weighted by atomic mass is 16.5. The number of aliphatic imine (C=N–C) groups is 1. The van der Waals surface area contributed by atoms with Gasteiger partial charge in [-0.05, 0) is 23.0 Å². The second-order valence-electron chi connectivity index (χ2n) is 8.38. The molecule has 1 atom stereocenters. The first-order valence-electron chi connectivity index (χ1n) is 9.84. The summed E-state index contributed by atoms with van der Waals surface area (Å²) in [4.78, 5) is 9.47. The zero-order valence-electron chi connectivity index (χ0n) is 16.8. The zero-order chi connectivity index (χ0) is 18.6. The molecule has 2 saturated heterocycles. The van der Waals surface area contributed by atoms with Gasteiger partial charge in [0.15, 0.2) is 5.96 Å². The van der Waals surface area contributed by atoms with E-state index in [0.29, 0.717) is 6.04 Å². The van der Waals surface area contributed by atoms with Crippen LogP contribution in [0.4, 0.5) is 0 Å². The fraction of sp³-hybridized carbons (Fsp3) is 0.667. The van der Waals surface area contributed by atoms with Crippen LogP contribution in [0.1, 0.15) is 38.3 Å². The number of nitrogens with zero attached hydrogens (tertiary/aromatic N) is 3. The minimum Gasteiger partial charge on any atom is -0.379 e. The molecule has 2 fully saturated rings. The zero-order valence-corrected chi connectivity index (χ0v) is 16.8. The highest BCUT2D eigenvalue weighted by Gasteiger charge is 2.30. The topological polar surface area (TPSA) is 40.1 Å². The Morgan fingerprint density at radius 3 is 2.46 bits per heavy atom. The van der Waals surface area contributed by atoms with E-state index in [-0.39, 0.29) is 5.41 Å². The summed E-state index contributed by atoms with van der Waals surface area (Å²) in [5.74, 6) is 1.01. The molecule has 0 aliphatic carbocycles. The van der Waals surface area contributed by atoms with Gasteiger partial charge in [0.1, 0.15) is 0 Å². The molecule has 2 aliphatic heterocycles. The van der Waals surface area contributed by atoms with Crippen molar-refractivity contribution in [3.8, 4) is 0 Å². The van der Waals surface area contributed by atoms with Gasteiger partial charge in [-0.1, -0.05) is 45.0 Å². The van der Waals surface area contributed by atoms with Crippen LogP contribution in [0.5, 0.6) is 0 Å². The summed E-state index contributed by atoms with van der Waals surface area (Å²) >= 11 is 0. The number of hydrogen-bond acceptors (Lipinski definition) is 3. The van der Waals surface area contributed by atoms with Crippen LogP contribution in [0.3, 0.4) is 0 Å². The summed E-state index contributed by atoms with van der Waals surface area (Å²) in [6.45, 7) is 13.6. The fourth-order valence-electron chi connectivity index (χ4n) is 3.81. The molecular formula is C21H34N4O. The Bertz CT molecular complexity index is 599. The Morgan fingerprint density at radius 1 is 1.15 bits per heavy atom. The van der Waals surface area contributed by atoms with Crippen LogP contribution >= 0.6 is 0 Å². The van der Waals surface area contributed by atoms with Gasteiger partial charge in [0, 0.05) is 45.8 Å². The largest absolute Gasteiger partial charge is 0.379 e. The summed E-state index contributed by atoms with van der Waals surface area (Å²) < 4.78 is 5.48. The Balaban J connectivity index is 1.52. The summed E-state index contributed by atoms with van der Waals surface area (Å²) in [6.07, 6.45) is 1.21. The molecule has 2 heterocycles. The third kappa shape index (κ3) is 4.77. The SMILES string of the molecule is CN=C(NCc1ccc(C(C)(C)C)cc1)N1CCC(N2CCOCC2)C1. The van der Waals surface area contributed by atoms with Gasteiger partial charge in [0.25, 0.3) is 0 Å². The van der Waals surface area contributed by atoms with Crippen LogP contribution in [0, 0.1) is 0 Å². The van der Waals surface area contributed by atoms with E-state index in [1.807, 2.05) is 7.05 Å². The van der Waals surface area contributed by atoms with Crippen molar-refractivity contribution in [2.75, 3.05) is 46.4 Å². The van der Waals surface area contributed by atoms with Crippen molar-refractivity contribution in [2.45, 2.75) is 45.2 Å². The lowest BCUT2D eigenvalue weighted by Gasteiger charge is -2.32. The van der Waals surface area contributed by atoms with E-state index in [9.17, 15) is 0 Å². The molecule has 2 aliphatic rings. The third-order valence-electron chi connectivity index (χ3n) is 5.51. The van der Waals surface area contributed by atoms with Crippen LogP contribution in [0.2, 0.25) is 0 Å². The summed E-state index contributed by atoms with van der Waals surface area (Å²) in [7, 11) is 1.88. The molecule has 0 spiro atoms. The van der Waals surface area contributed by atoms with Gasteiger partial charge >= 0.3 is 0 Å². The molecule has 0 saturated carbocycles. The number of benzene rings is 1. The van der Waals surface area contributed by atoms with Gasteiger partial charge in [-0.3, -0.25) is 9.89 Å². The van der Waals surface area contributed by atoms with Gasteiger partial charge in [0.05, 0.1) is 13.2 Å². The molecule has 144 valence electrons. The Hall–Kier alpha value is -1.59. The van der Waals surface area contributed by atoms with Crippen LogP contribution < -0.4 is 5.32 Å². The molecule has 0 amide bonds. The number of hydrogen-bond donors (Lipinski definition) is 1. The molecule has 5 nitrogen and oxygen atoms in total. The molecule has 1 aromatic carbocycles. The average Bonchev–Trinajstić information content (AvgIpc) is 3.13. The van der Waals surface area contributed by atoms with E-state index >= 15 is 0 Å². The molecular weight excluding hydrogens is 324 g/mol. The van der Waals surface area contributed by atoms with Gasteiger partial charge in [0.2, 0.25) is 0 Å². The van der Waals surface area contributed by atoms with Crippen molar-refractivity contribution in [3.63, 3.8) is 0 Å². The van der Waals surface area contributed by atoms with E-state index < -0.39 is 0 Å². The predicted octanol–water partition coefficient (Wildman–Crippen LogP) is 2.47. The minimum atomic E-state index is 0.200. The molecule has 0 aromatic heterocycles. The maximum absolute atomic E-state index is 5.48. The first-order valence-corrected chi connectivity index (χ1v) is 9.84. The van der Waals surface area contributed by atoms with E-state index in [4.69, 9.17) is 4.74 Å². The van der Waals surface area contributed by atoms with Crippen molar-refractivity contribution in [1.82, 2.24) is 15.1 Å². The lowest BCUT2D eigenvalue weighted by atomic mass is 9.87. The second-order valence-corrected chi connectivity index (χ2v) is 8.38. The third-order valence-corrected chi connectivity index (χ3v) is 5.51. The number of likely N-dealkylation sites (tertiary alicyclic amines) is 1. The van der Waals surface area contributed by atoms with Gasteiger partial charge in [-0.2, -0.15) is 0 Å². The molecule has 1 N–H and O–H groups in total. The summed E-state index contributed by atoms with van der Waals surface area (Å²) in [5, 5.41) is 3.54. The van der Waals surface area contributed by atoms with Crippen LogP contribution in [0.15, 0.2) is 29.3 Å². The maximum atomic E-state index is 5.48. The Kier molecular flexibility index (Phi) is 6.20. The molecule has 5 heteroatoms. The highest BCUT2D eigenvalue weighted by Crippen LogP contribution is 2.22. The minimum absolute atomic E-state index is 0.200. The summed E-state index contributed by atoms with van der Waals surface area (Å²) in [6, 6.07) is 9.56. The second kappa shape index (κ2) is 8.40. The standard InChI is InChI=1S/C21H34N4O/c1-21(2,3)18-7-5-17(6-8-18)15-23-20(22-4)25-10-9-19(16-25)24-11-13-26-14-12-24/h5-8,19H,9-16H2,1-4H3,(H,22,23). The van der Waals surface area contributed by atoms with Crippen LogP contribution in [-0.4, -0.2) is 68.2 Å². The van der Waals surface area contributed by atoms with Crippen molar-refractivity contribution in [1.29, 1.82) is 0 Å². The van der Waals surface area contributed by atoms with E-state index in [2.05, 4.69) is 65.1 Å². The summed E-state index contributed by atoms with van der Waals surface area (Å²) in [5.41, 5.74) is 2.87. The van der Waals surface area contributed by atoms with Crippen LogP contribution in [-0.2, 0) is 16.7 Å². The van der Waals surface area contributed by atoms with Crippen molar-refractivity contribution >= 4 is 5.96 Å². The Morgan fingerprint density at radius 2 is 1.85 bits per heavy atom. The molecule has 3 rings (SSSR count). The van der Waals surface area contributed by atoms with E-state index in [0.717, 1.165) is 51.9 Å². The van der Waals surface area contributed by atoms with Crippen molar-refractivity contribution < 1.29 is 4.74 Å². The lowest BCUT2D eigenvalue weighted by molar-refractivity contribution is 0.0195. The van der Waals surface area contributed by atoms with Gasteiger partial charge in [-0.15, -0.1) is 0 Å². The first kappa shape index (κ1) is 19.2.